The van der Waals surface area contributed by atoms with Crippen LogP contribution in [0.25, 0.3) is 0 Å². The molecule has 1 atom stereocenters. The Bertz CT molecular complexity index is 1150. The number of nitrogens with one attached hydrogen (secondary N) is 1. The third-order valence-electron chi connectivity index (χ3n) is 6.16. The second kappa shape index (κ2) is 8.55. The van der Waals surface area contributed by atoms with Crippen molar-refractivity contribution in [1.82, 2.24) is 5.32 Å². The molecule has 32 heavy (non-hydrogen) atoms. The van der Waals surface area contributed by atoms with Crippen molar-refractivity contribution in [2.24, 2.45) is 5.41 Å². The highest BCUT2D eigenvalue weighted by molar-refractivity contribution is 6.00. The first-order chi connectivity index (χ1) is 15.3. The number of ketones is 1. The fourth-order valence-corrected chi connectivity index (χ4v) is 4.66. The van der Waals surface area contributed by atoms with E-state index in [2.05, 4.69) is 25.2 Å². The average molecular weight is 429 g/mol. The average Bonchev–Trinajstić information content (AvgIpc) is 2.76. The number of nitrogens with zero attached hydrogens (tertiary/aromatic N) is 1. The fourth-order valence-electron chi connectivity index (χ4n) is 4.66. The molecule has 0 saturated heterocycles. The maximum Gasteiger partial charge on any atom is 0.162 e. The summed E-state index contributed by atoms with van der Waals surface area (Å²) < 4.78 is 11.3. The second-order valence-electron chi connectivity index (χ2n) is 9.21. The number of ether oxygens (including phenoxy) is 2. The standard InChI is InChI=1S/C27H28N2O3/c1-17-21(15-28)25(26-22(29-17)13-27(2,3)14-23(26)30)18-9-11-20(12-10-18)32-16-19-7-5-6-8-24(19)31-4/h5-12,25,29H,13-14,16H2,1-4H3/t25-/m0/s1. The molecule has 0 bridgehead atoms. The van der Waals surface area contributed by atoms with Gasteiger partial charge in [0.1, 0.15) is 18.1 Å². The van der Waals surface area contributed by atoms with Crippen LogP contribution < -0.4 is 14.8 Å². The van der Waals surface area contributed by atoms with Crippen LogP contribution in [0.1, 0.15) is 50.7 Å². The molecule has 164 valence electrons. The van der Waals surface area contributed by atoms with E-state index in [4.69, 9.17) is 9.47 Å². The Kier molecular flexibility index (Phi) is 5.80. The highest BCUT2D eigenvalue weighted by Gasteiger charge is 2.41. The van der Waals surface area contributed by atoms with E-state index >= 15 is 0 Å². The highest BCUT2D eigenvalue weighted by atomic mass is 16.5. The van der Waals surface area contributed by atoms with Crippen LogP contribution in [0.5, 0.6) is 11.5 Å². The lowest BCUT2D eigenvalue weighted by molar-refractivity contribution is -0.118. The quantitative estimate of drug-likeness (QED) is 0.690. The van der Waals surface area contributed by atoms with E-state index in [1.807, 2.05) is 55.5 Å². The molecule has 2 aromatic carbocycles. The zero-order chi connectivity index (χ0) is 22.9. The Labute approximate surface area is 189 Å². The lowest BCUT2D eigenvalue weighted by Gasteiger charge is -2.38. The number of carbonyl (C=O) groups is 1. The van der Waals surface area contributed by atoms with Crippen molar-refractivity contribution in [2.75, 3.05) is 7.11 Å². The summed E-state index contributed by atoms with van der Waals surface area (Å²) in [6.45, 7) is 6.52. The van der Waals surface area contributed by atoms with Crippen LogP contribution in [0, 0.1) is 16.7 Å². The number of dihydropyridines is 1. The zero-order valence-corrected chi connectivity index (χ0v) is 19.0. The predicted octanol–water partition coefficient (Wildman–Crippen LogP) is 5.40. The Morgan fingerprint density at radius 1 is 1.12 bits per heavy atom. The summed E-state index contributed by atoms with van der Waals surface area (Å²) in [7, 11) is 1.64. The van der Waals surface area contributed by atoms with Gasteiger partial charge in [-0.3, -0.25) is 4.79 Å². The molecule has 0 radical (unpaired) electrons. The van der Waals surface area contributed by atoms with E-state index in [0.717, 1.165) is 46.0 Å². The number of allylic oxidation sites excluding steroid dienone is 4. The first-order valence-electron chi connectivity index (χ1n) is 10.8. The van der Waals surface area contributed by atoms with Crippen LogP contribution >= 0.6 is 0 Å². The van der Waals surface area contributed by atoms with Crippen LogP contribution in [0.15, 0.2) is 71.1 Å². The molecular weight excluding hydrogens is 400 g/mol. The Balaban J connectivity index is 1.61. The van der Waals surface area contributed by atoms with E-state index in [-0.39, 0.29) is 17.1 Å². The maximum absolute atomic E-state index is 13.1. The van der Waals surface area contributed by atoms with E-state index in [1.54, 1.807) is 7.11 Å². The number of para-hydroxylation sites is 1. The van der Waals surface area contributed by atoms with E-state index in [9.17, 15) is 10.1 Å². The van der Waals surface area contributed by atoms with Crippen molar-refractivity contribution in [1.29, 1.82) is 5.26 Å². The van der Waals surface area contributed by atoms with Crippen molar-refractivity contribution in [2.45, 2.75) is 46.1 Å². The molecule has 0 aromatic heterocycles. The monoisotopic (exact) mass is 428 g/mol. The third-order valence-corrected chi connectivity index (χ3v) is 6.16. The van der Waals surface area contributed by atoms with Gasteiger partial charge in [-0.05, 0) is 42.5 Å². The molecule has 1 N–H and O–H groups in total. The van der Waals surface area contributed by atoms with Gasteiger partial charge in [0, 0.05) is 29.0 Å². The minimum absolute atomic E-state index is 0.0892. The molecule has 5 heteroatoms. The van der Waals surface area contributed by atoms with Crippen LogP contribution in [0.4, 0.5) is 0 Å². The Hall–Kier alpha value is -3.52. The molecule has 1 heterocycles. The first kappa shape index (κ1) is 21.7. The summed E-state index contributed by atoms with van der Waals surface area (Å²) in [6, 6.07) is 17.8. The van der Waals surface area contributed by atoms with Gasteiger partial charge in [0.15, 0.2) is 5.78 Å². The van der Waals surface area contributed by atoms with Crippen molar-refractivity contribution < 1.29 is 14.3 Å². The van der Waals surface area contributed by atoms with Gasteiger partial charge >= 0.3 is 0 Å². The number of nitriles is 1. The Morgan fingerprint density at radius 3 is 2.53 bits per heavy atom. The number of Topliss-reactive ketones (excluding diaryl/α,β-unsaturated/α-hetero) is 1. The van der Waals surface area contributed by atoms with Gasteiger partial charge in [-0.1, -0.05) is 44.2 Å². The smallest absolute Gasteiger partial charge is 0.162 e. The summed E-state index contributed by atoms with van der Waals surface area (Å²) in [5, 5.41) is 13.2. The van der Waals surface area contributed by atoms with E-state index < -0.39 is 0 Å². The largest absolute Gasteiger partial charge is 0.496 e. The topological polar surface area (TPSA) is 71.3 Å². The van der Waals surface area contributed by atoms with Crippen LogP contribution in [0.2, 0.25) is 0 Å². The van der Waals surface area contributed by atoms with Gasteiger partial charge < -0.3 is 14.8 Å². The SMILES string of the molecule is COc1ccccc1COc1ccc([C@H]2C(C#N)=C(C)NC3=C2C(=O)CC(C)(C)C3)cc1. The Morgan fingerprint density at radius 2 is 1.84 bits per heavy atom. The van der Waals surface area contributed by atoms with Gasteiger partial charge in [-0.15, -0.1) is 0 Å². The lowest BCUT2D eigenvalue weighted by Crippen LogP contribution is -2.36. The summed E-state index contributed by atoms with van der Waals surface area (Å²) in [6.07, 6.45) is 1.28. The molecule has 0 amide bonds. The van der Waals surface area contributed by atoms with E-state index in [1.165, 1.54) is 0 Å². The molecule has 4 rings (SSSR count). The van der Waals surface area contributed by atoms with Crippen LogP contribution in [-0.4, -0.2) is 12.9 Å². The van der Waals surface area contributed by atoms with Crippen molar-refractivity contribution in [3.05, 3.63) is 82.2 Å². The molecule has 0 unspecified atom stereocenters. The summed E-state index contributed by atoms with van der Waals surface area (Å²) in [4.78, 5) is 13.1. The number of hydrogen-bond acceptors (Lipinski definition) is 5. The highest BCUT2D eigenvalue weighted by Crippen LogP contribution is 2.46. The third kappa shape index (κ3) is 4.13. The number of benzene rings is 2. The molecule has 0 fully saturated rings. The number of methoxy groups -OCH3 is 1. The molecule has 0 spiro atoms. The van der Waals surface area contributed by atoms with Crippen LogP contribution in [-0.2, 0) is 11.4 Å². The molecule has 1 aliphatic heterocycles. The van der Waals surface area contributed by atoms with Crippen molar-refractivity contribution in [3.63, 3.8) is 0 Å². The summed E-state index contributed by atoms with van der Waals surface area (Å²) >= 11 is 0. The van der Waals surface area contributed by atoms with Gasteiger partial charge in [0.2, 0.25) is 0 Å². The maximum atomic E-state index is 13.1. The minimum atomic E-state index is -0.344. The van der Waals surface area contributed by atoms with Crippen molar-refractivity contribution >= 4 is 5.78 Å². The molecular formula is C27H28N2O3. The zero-order valence-electron chi connectivity index (χ0n) is 19.0. The van der Waals surface area contributed by atoms with E-state index in [0.29, 0.717) is 18.6 Å². The van der Waals surface area contributed by atoms with Crippen LogP contribution in [0.3, 0.4) is 0 Å². The minimum Gasteiger partial charge on any atom is -0.496 e. The molecule has 0 saturated carbocycles. The summed E-state index contributed by atoms with van der Waals surface area (Å²) in [5.74, 6) is 1.28. The van der Waals surface area contributed by atoms with Gasteiger partial charge in [-0.25, -0.2) is 0 Å². The summed E-state index contributed by atoms with van der Waals surface area (Å²) in [5.41, 5.74) is 4.89. The number of hydrogen-bond donors (Lipinski definition) is 1. The fraction of sp³-hybridized carbons (Fsp3) is 0.333. The molecule has 2 aromatic rings. The molecule has 1 aliphatic carbocycles. The second-order valence-corrected chi connectivity index (χ2v) is 9.21. The van der Waals surface area contributed by atoms with Crippen molar-refractivity contribution in [3.8, 4) is 17.6 Å². The first-order valence-corrected chi connectivity index (χ1v) is 10.8. The molecule has 2 aliphatic rings. The lowest BCUT2D eigenvalue weighted by atomic mass is 9.69. The molecule has 5 nitrogen and oxygen atoms in total. The van der Waals surface area contributed by atoms with Gasteiger partial charge in [0.25, 0.3) is 0 Å². The number of rotatable bonds is 5. The predicted molar refractivity (Wildman–Crippen MR) is 123 cm³/mol. The van der Waals surface area contributed by atoms with Gasteiger partial charge in [-0.2, -0.15) is 5.26 Å². The number of carbonyl (C=O) groups excluding carboxylic acids is 1. The van der Waals surface area contributed by atoms with Gasteiger partial charge in [0.05, 0.1) is 24.7 Å². The normalized spacial score (nSPS) is 19.7.